The molecular weight excluding hydrogens is 398 g/mol. The number of benzene rings is 1. The lowest BCUT2D eigenvalue weighted by Gasteiger charge is -2.26. The van der Waals surface area contributed by atoms with Crippen molar-refractivity contribution >= 4 is 17.5 Å². The van der Waals surface area contributed by atoms with Crippen LogP contribution in [-0.4, -0.2) is 52.8 Å². The van der Waals surface area contributed by atoms with Crippen molar-refractivity contribution in [2.24, 2.45) is 7.05 Å². The molecule has 2 aliphatic rings. The Morgan fingerprint density at radius 2 is 1.97 bits per heavy atom. The lowest BCUT2D eigenvalue weighted by Crippen LogP contribution is -2.38. The summed E-state index contributed by atoms with van der Waals surface area (Å²) in [7, 11) is 1.95. The summed E-state index contributed by atoms with van der Waals surface area (Å²) < 4.78 is 1.89. The largest absolute Gasteiger partial charge is 0.349 e. The highest BCUT2D eigenvalue weighted by atomic mass is 35.5. The van der Waals surface area contributed by atoms with Gasteiger partial charge in [0.1, 0.15) is 0 Å². The van der Waals surface area contributed by atoms with Crippen LogP contribution in [0, 0.1) is 0 Å². The van der Waals surface area contributed by atoms with Gasteiger partial charge in [0.05, 0.1) is 0 Å². The van der Waals surface area contributed by atoms with Crippen molar-refractivity contribution in [3.63, 3.8) is 0 Å². The van der Waals surface area contributed by atoms with Crippen LogP contribution in [0.3, 0.4) is 0 Å². The second-order valence-corrected chi connectivity index (χ2v) is 8.94. The fraction of sp³-hybridized carbons (Fsp3) is 0.565. The molecular formula is C23H32ClN5O. The van der Waals surface area contributed by atoms with Crippen LogP contribution in [0.1, 0.15) is 53.0 Å². The third kappa shape index (κ3) is 5.23. The van der Waals surface area contributed by atoms with Crippen molar-refractivity contribution in [2.75, 3.05) is 26.2 Å². The number of nitrogens with zero attached hydrogens (tertiary/aromatic N) is 3. The molecule has 0 saturated carbocycles. The third-order valence-corrected chi connectivity index (χ3v) is 6.59. The molecule has 0 spiro atoms. The average Bonchev–Trinajstić information content (AvgIpc) is 3.10. The summed E-state index contributed by atoms with van der Waals surface area (Å²) in [6.45, 7) is 4.70. The third-order valence-electron chi connectivity index (χ3n) is 6.34. The molecule has 1 aromatic heterocycles. The summed E-state index contributed by atoms with van der Waals surface area (Å²) in [5.74, 6) is -0.0396. The van der Waals surface area contributed by atoms with Crippen LogP contribution in [0.2, 0.25) is 5.02 Å². The zero-order valence-electron chi connectivity index (χ0n) is 17.8. The molecule has 1 aromatic carbocycles. The van der Waals surface area contributed by atoms with Gasteiger partial charge in [-0.15, -0.1) is 0 Å². The maximum Gasteiger partial charge on any atom is 0.272 e. The number of rotatable bonds is 7. The molecule has 1 amide bonds. The zero-order chi connectivity index (χ0) is 20.9. The first kappa shape index (κ1) is 21.3. The van der Waals surface area contributed by atoms with Gasteiger partial charge in [-0.3, -0.25) is 9.48 Å². The van der Waals surface area contributed by atoms with E-state index in [0.717, 1.165) is 56.0 Å². The average molecular weight is 430 g/mol. The topological polar surface area (TPSA) is 62.2 Å². The number of nitrogens with one attached hydrogen (secondary N) is 2. The molecule has 162 valence electrons. The summed E-state index contributed by atoms with van der Waals surface area (Å²) in [4.78, 5) is 15.3. The fourth-order valence-corrected chi connectivity index (χ4v) is 4.73. The molecule has 4 rings (SSSR count). The van der Waals surface area contributed by atoms with Gasteiger partial charge in [0.15, 0.2) is 5.69 Å². The van der Waals surface area contributed by atoms with Crippen LogP contribution < -0.4 is 10.6 Å². The van der Waals surface area contributed by atoms with Crippen LogP contribution in [0.15, 0.2) is 24.3 Å². The maximum absolute atomic E-state index is 12.9. The summed E-state index contributed by atoms with van der Waals surface area (Å²) in [5.41, 5.74) is 4.12. The van der Waals surface area contributed by atoms with Gasteiger partial charge in [-0.2, -0.15) is 5.10 Å². The lowest BCUT2D eigenvalue weighted by atomic mass is 9.91. The van der Waals surface area contributed by atoms with Crippen LogP contribution >= 0.6 is 11.6 Å². The van der Waals surface area contributed by atoms with Crippen LogP contribution in [0.5, 0.6) is 0 Å². The van der Waals surface area contributed by atoms with E-state index < -0.39 is 0 Å². The molecule has 2 aromatic rings. The zero-order valence-corrected chi connectivity index (χ0v) is 18.5. The number of amides is 1. The number of halogens is 1. The minimum absolute atomic E-state index is 0.0396. The Hall–Kier alpha value is -1.89. The van der Waals surface area contributed by atoms with E-state index in [1.54, 1.807) is 0 Å². The molecule has 1 saturated heterocycles. The molecule has 1 aliphatic heterocycles. The summed E-state index contributed by atoms with van der Waals surface area (Å²) in [5, 5.41) is 12.1. The van der Waals surface area contributed by atoms with E-state index in [4.69, 9.17) is 11.6 Å². The van der Waals surface area contributed by atoms with Crippen LogP contribution in [0.25, 0.3) is 0 Å². The molecule has 1 unspecified atom stereocenters. The lowest BCUT2D eigenvalue weighted by molar-refractivity contribution is 0.0939. The van der Waals surface area contributed by atoms with Gasteiger partial charge in [-0.05, 0) is 62.9 Å². The first-order valence-corrected chi connectivity index (χ1v) is 11.5. The molecule has 30 heavy (non-hydrogen) atoms. The van der Waals surface area contributed by atoms with Crippen molar-refractivity contribution in [2.45, 2.75) is 51.1 Å². The molecule has 7 heteroatoms. The van der Waals surface area contributed by atoms with Gasteiger partial charge in [-0.1, -0.05) is 30.2 Å². The maximum atomic E-state index is 12.9. The predicted molar refractivity (Wildman–Crippen MR) is 120 cm³/mol. The number of fused-ring (bicyclic) bond motifs is 1. The van der Waals surface area contributed by atoms with Crippen molar-refractivity contribution in [3.8, 4) is 0 Å². The molecule has 6 nitrogen and oxygen atoms in total. The Morgan fingerprint density at radius 1 is 1.20 bits per heavy atom. The number of hydrogen-bond donors (Lipinski definition) is 2. The van der Waals surface area contributed by atoms with E-state index >= 15 is 0 Å². The van der Waals surface area contributed by atoms with E-state index in [0.29, 0.717) is 18.3 Å². The first-order chi connectivity index (χ1) is 14.6. The summed E-state index contributed by atoms with van der Waals surface area (Å²) in [6.07, 6.45) is 6.70. The Morgan fingerprint density at radius 3 is 2.73 bits per heavy atom. The highest BCUT2D eigenvalue weighted by Crippen LogP contribution is 2.25. The highest BCUT2D eigenvalue weighted by Gasteiger charge is 2.28. The Kier molecular flexibility index (Phi) is 7.08. The smallest absolute Gasteiger partial charge is 0.272 e. The molecule has 1 fully saturated rings. The van der Waals surface area contributed by atoms with E-state index in [1.165, 1.54) is 30.5 Å². The second-order valence-electron chi connectivity index (χ2n) is 8.50. The van der Waals surface area contributed by atoms with Gasteiger partial charge in [-0.25, -0.2) is 0 Å². The van der Waals surface area contributed by atoms with Gasteiger partial charge in [0.25, 0.3) is 5.91 Å². The quantitative estimate of drug-likeness (QED) is 0.710. The molecule has 2 heterocycles. The van der Waals surface area contributed by atoms with Gasteiger partial charge >= 0.3 is 0 Å². The van der Waals surface area contributed by atoms with Crippen LogP contribution in [0.4, 0.5) is 0 Å². The minimum Gasteiger partial charge on any atom is -0.349 e. The predicted octanol–water partition coefficient (Wildman–Crippen LogP) is 2.94. The van der Waals surface area contributed by atoms with Gasteiger partial charge in [0.2, 0.25) is 0 Å². The van der Waals surface area contributed by atoms with E-state index in [1.807, 2.05) is 23.9 Å². The van der Waals surface area contributed by atoms with E-state index in [9.17, 15) is 4.79 Å². The molecule has 2 N–H and O–H groups in total. The van der Waals surface area contributed by atoms with Gasteiger partial charge in [0, 0.05) is 49.0 Å². The van der Waals surface area contributed by atoms with Crippen LogP contribution in [-0.2, 0) is 26.4 Å². The van der Waals surface area contributed by atoms with Gasteiger partial charge < -0.3 is 15.5 Å². The molecule has 0 radical (unpaired) electrons. The Labute approximate surface area is 184 Å². The Balaban J connectivity index is 1.33. The summed E-state index contributed by atoms with van der Waals surface area (Å²) in [6, 6.07) is 8.29. The number of piperidine rings is 1. The van der Waals surface area contributed by atoms with Crippen molar-refractivity contribution in [3.05, 3.63) is 51.8 Å². The SMILES string of the molecule is Cn1nc(C(=O)NCCN2CCCCC2)c2c1CCC(NCc1ccc(Cl)cc1)C2. The standard InChI is InChI=1S/C23H32ClN5O/c1-28-21-10-9-19(26-16-17-5-7-18(24)8-6-17)15-20(21)22(27-28)23(30)25-11-14-29-12-3-2-4-13-29/h5-8,19,26H,2-4,9-16H2,1H3,(H,25,30). The number of hydrogen-bond acceptors (Lipinski definition) is 4. The van der Waals surface area contributed by atoms with Crippen molar-refractivity contribution < 1.29 is 4.79 Å². The van der Waals surface area contributed by atoms with E-state index in [-0.39, 0.29) is 5.91 Å². The first-order valence-electron chi connectivity index (χ1n) is 11.1. The number of aromatic nitrogens is 2. The molecule has 0 bridgehead atoms. The number of aryl methyl sites for hydroxylation is 1. The number of carbonyl (C=O) groups is 1. The summed E-state index contributed by atoms with van der Waals surface area (Å²) >= 11 is 5.98. The Bertz CT molecular complexity index is 857. The fourth-order valence-electron chi connectivity index (χ4n) is 4.60. The number of carbonyl (C=O) groups excluding carboxylic acids is 1. The van der Waals surface area contributed by atoms with Crippen molar-refractivity contribution in [1.29, 1.82) is 0 Å². The van der Waals surface area contributed by atoms with E-state index in [2.05, 4.69) is 32.8 Å². The second kappa shape index (κ2) is 9.94. The molecule has 1 aliphatic carbocycles. The minimum atomic E-state index is -0.0396. The number of likely N-dealkylation sites (tertiary alicyclic amines) is 1. The van der Waals surface area contributed by atoms with Crippen molar-refractivity contribution in [1.82, 2.24) is 25.3 Å². The monoisotopic (exact) mass is 429 g/mol. The highest BCUT2D eigenvalue weighted by molar-refractivity contribution is 6.30. The molecule has 1 atom stereocenters. The normalized spacial score (nSPS) is 19.5.